The van der Waals surface area contributed by atoms with Crippen LogP contribution in [0.25, 0.3) is 0 Å². The van der Waals surface area contributed by atoms with Crippen LogP contribution in [0.4, 0.5) is 0 Å². The Labute approximate surface area is 235 Å². The van der Waals surface area contributed by atoms with Crippen molar-refractivity contribution in [2.24, 2.45) is 28.6 Å². The number of ether oxygens (including phenoxy) is 3. The van der Waals surface area contributed by atoms with Crippen LogP contribution in [0.1, 0.15) is 119 Å². The molecule has 0 aromatic heterocycles. The van der Waals surface area contributed by atoms with E-state index in [9.17, 15) is 14.4 Å². The van der Waals surface area contributed by atoms with Gasteiger partial charge in [-0.3, -0.25) is 14.4 Å². The third-order valence-electron chi connectivity index (χ3n) is 10.5. The van der Waals surface area contributed by atoms with Gasteiger partial charge in [0.15, 0.2) is 0 Å². The summed E-state index contributed by atoms with van der Waals surface area (Å²) in [6, 6.07) is 0. The Morgan fingerprint density at radius 1 is 0.897 bits per heavy atom. The van der Waals surface area contributed by atoms with E-state index in [2.05, 4.69) is 34.3 Å². The molecule has 4 aliphatic rings. The molecule has 0 aromatic carbocycles. The first-order chi connectivity index (χ1) is 18.3. The predicted octanol–water partition coefficient (Wildman–Crippen LogP) is 7.25. The predicted molar refractivity (Wildman–Crippen MR) is 151 cm³/mol. The molecule has 218 valence electrons. The highest BCUT2D eigenvalue weighted by molar-refractivity contribution is 5.70. The van der Waals surface area contributed by atoms with Crippen LogP contribution >= 0.6 is 0 Å². The fraction of sp³-hybridized carbons (Fsp3) is 0.788. The largest absolute Gasteiger partial charge is 0.462 e. The second-order valence-corrected chi connectivity index (χ2v) is 13.7. The van der Waals surface area contributed by atoms with E-state index in [1.807, 2.05) is 0 Å². The molecule has 0 spiro atoms. The van der Waals surface area contributed by atoms with Crippen LogP contribution in [0.15, 0.2) is 23.3 Å². The second kappa shape index (κ2) is 11.8. The lowest BCUT2D eigenvalue weighted by atomic mass is 9.50. The topological polar surface area (TPSA) is 78.9 Å². The van der Waals surface area contributed by atoms with Crippen LogP contribution < -0.4 is 0 Å². The molecule has 0 aromatic rings. The molecule has 6 nitrogen and oxygen atoms in total. The van der Waals surface area contributed by atoms with Crippen molar-refractivity contribution in [3.8, 4) is 0 Å². The van der Waals surface area contributed by atoms with E-state index in [0.717, 1.165) is 31.3 Å². The number of esters is 3. The Hall–Kier alpha value is -2.11. The van der Waals surface area contributed by atoms with Crippen molar-refractivity contribution in [3.05, 3.63) is 23.3 Å². The fourth-order valence-electron chi connectivity index (χ4n) is 8.72. The molecule has 4 rings (SSSR count). The van der Waals surface area contributed by atoms with Gasteiger partial charge in [-0.05, 0) is 73.3 Å². The molecule has 6 heteroatoms. The number of hydrogen-bond acceptors (Lipinski definition) is 6. The van der Waals surface area contributed by atoms with E-state index < -0.39 is 6.10 Å². The van der Waals surface area contributed by atoms with Crippen LogP contribution in [0.2, 0.25) is 0 Å². The third kappa shape index (κ3) is 6.30. The quantitative estimate of drug-likeness (QED) is 0.200. The van der Waals surface area contributed by atoms with E-state index in [1.54, 1.807) is 0 Å². The molecule has 6 atom stereocenters. The Morgan fingerprint density at radius 3 is 2.21 bits per heavy atom. The Bertz CT molecular complexity index is 1000. The molecule has 0 amide bonds. The second-order valence-electron chi connectivity index (χ2n) is 13.7. The van der Waals surface area contributed by atoms with Crippen molar-refractivity contribution in [2.45, 2.75) is 137 Å². The molecule has 0 saturated heterocycles. The molecule has 3 fully saturated rings. The number of rotatable bonds is 6. The summed E-state index contributed by atoms with van der Waals surface area (Å²) in [5.74, 6) is -0.284. The van der Waals surface area contributed by atoms with Crippen molar-refractivity contribution < 1.29 is 28.6 Å². The summed E-state index contributed by atoms with van der Waals surface area (Å²) < 4.78 is 18.4. The number of carbonyl (C=O) groups is 3. The van der Waals surface area contributed by atoms with Crippen molar-refractivity contribution in [1.29, 1.82) is 0 Å². The zero-order chi connectivity index (χ0) is 28.5. The maximum absolute atomic E-state index is 13.0. The number of carbonyl (C=O) groups excluding carboxylic acids is 3. The first-order valence-corrected chi connectivity index (χ1v) is 15.3. The molecule has 0 aliphatic heterocycles. The molecule has 3 saturated carbocycles. The van der Waals surface area contributed by atoms with Crippen LogP contribution in [0.3, 0.4) is 0 Å². The zero-order valence-corrected chi connectivity index (χ0v) is 25.1. The van der Waals surface area contributed by atoms with Gasteiger partial charge >= 0.3 is 17.9 Å². The van der Waals surface area contributed by atoms with Crippen molar-refractivity contribution in [3.63, 3.8) is 0 Å². The van der Waals surface area contributed by atoms with E-state index in [0.29, 0.717) is 25.2 Å². The maximum atomic E-state index is 13.0. The lowest BCUT2D eigenvalue weighted by Gasteiger charge is -2.57. The number of allylic oxidation sites excluding steroid dienone is 1. The smallest absolute Gasteiger partial charge is 0.306 e. The summed E-state index contributed by atoms with van der Waals surface area (Å²) in [5, 5.41) is 0. The van der Waals surface area contributed by atoms with Gasteiger partial charge in [0.2, 0.25) is 0 Å². The highest BCUT2D eigenvalue weighted by Gasteiger charge is 2.58. The Kier molecular flexibility index (Phi) is 9.02. The minimum atomic E-state index is -0.393. The van der Waals surface area contributed by atoms with Gasteiger partial charge in [0.25, 0.3) is 0 Å². The van der Waals surface area contributed by atoms with Crippen molar-refractivity contribution >= 4 is 17.9 Å². The van der Waals surface area contributed by atoms with Crippen LogP contribution in [0.5, 0.6) is 0 Å². The fourth-order valence-corrected chi connectivity index (χ4v) is 8.72. The normalized spacial score (nSPS) is 34.8. The van der Waals surface area contributed by atoms with E-state index in [1.165, 1.54) is 57.1 Å². The summed E-state index contributed by atoms with van der Waals surface area (Å²) in [5.41, 5.74) is 2.61. The molecule has 2 bridgehead atoms. The van der Waals surface area contributed by atoms with E-state index >= 15 is 0 Å². The molecule has 0 radical (unpaired) electrons. The van der Waals surface area contributed by atoms with Gasteiger partial charge in [-0.25, -0.2) is 0 Å². The molecular weight excluding hydrogens is 492 g/mol. The van der Waals surface area contributed by atoms with Crippen LogP contribution in [-0.4, -0.2) is 36.2 Å². The van der Waals surface area contributed by atoms with Gasteiger partial charge in [0.1, 0.15) is 18.3 Å². The van der Waals surface area contributed by atoms with E-state index in [-0.39, 0.29) is 52.8 Å². The minimum Gasteiger partial charge on any atom is -0.462 e. The molecule has 0 heterocycles. The maximum Gasteiger partial charge on any atom is 0.306 e. The monoisotopic (exact) mass is 542 g/mol. The Balaban J connectivity index is 1.63. The minimum absolute atomic E-state index is 0.0280. The lowest BCUT2D eigenvalue weighted by Crippen LogP contribution is -2.57. The van der Waals surface area contributed by atoms with Crippen molar-refractivity contribution in [2.75, 3.05) is 0 Å². The zero-order valence-electron chi connectivity index (χ0n) is 25.1. The summed E-state index contributed by atoms with van der Waals surface area (Å²) in [6.07, 6.45) is 10.3. The average molecular weight is 543 g/mol. The average Bonchev–Trinajstić information content (AvgIpc) is 2.83. The highest BCUT2D eigenvalue weighted by atomic mass is 16.6. The summed E-state index contributed by atoms with van der Waals surface area (Å²) in [6.45, 7) is 16.2. The molecule has 0 N–H and O–H groups in total. The summed E-state index contributed by atoms with van der Waals surface area (Å²) in [4.78, 5) is 37.8. The molecule has 0 unspecified atom stereocenters. The number of hydrogen-bond donors (Lipinski definition) is 0. The third-order valence-corrected chi connectivity index (χ3v) is 10.5. The van der Waals surface area contributed by atoms with Gasteiger partial charge < -0.3 is 14.2 Å². The van der Waals surface area contributed by atoms with Gasteiger partial charge in [-0.1, -0.05) is 65.0 Å². The SMILES string of the molecule is C=C1[C@@H](OC(=O)CCC2CCCCC2)CC[C@@]2(C)C[C@H](OC(C)=O)C3=C(C)CC[C@@H]([C@@H](OC(C)=O)[C@H]12)C3(C)C. The van der Waals surface area contributed by atoms with E-state index in [4.69, 9.17) is 14.2 Å². The Morgan fingerprint density at radius 2 is 1.56 bits per heavy atom. The summed E-state index contributed by atoms with van der Waals surface area (Å²) >= 11 is 0. The van der Waals surface area contributed by atoms with Gasteiger partial charge in [0, 0.05) is 32.1 Å². The standard InChI is InChI=1S/C33H50O6/c1-20-13-15-25-31(38-23(4)35)30-21(2)26(39-28(36)16-14-24-11-9-8-10-12-24)17-18-33(30,7)19-27(37-22(3)34)29(20)32(25,5)6/h24-27,30-31H,2,8-19H2,1,3-7H3/t25-,26-,27-,30-,31+,33-/m0/s1. The summed E-state index contributed by atoms with van der Waals surface area (Å²) in [7, 11) is 0. The molecular formula is C33H50O6. The van der Waals surface area contributed by atoms with Crippen LogP contribution in [0, 0.1) is 28.6 Å². The number of fused-ring (bicyclic) bond motifs is 3. The molecule has 39 heavy (non-hydrogen) atoms. The first-order valence-electron chi connectivity index (χ1n) is 15.3. The highest BCUT2D eigenvalue weighted by Crippen LogP contribution is 2.60. The van der Waals surface area contributed by atoms with Gasteiger partial charge in [-0.2, -0.15) is 0 Å². The molecule has 4 aliphatic carbocycles. The van der Waals surface area contributed by atoms with Gasteiger partial charge in [0.05, 0.1) is 0 Å². The lowest BCUT2D eigenvalue weighted by molar-refractivity contribution is -0.171. The van der Waals surface area contributed by atoms with Gasteiger partial charge in [-0.15, -0.1) is 0 Å². The van der Waals surface area contributed by atoms with Crippen LogP contribution in [-0.2, 0) is 28.6 Å². The van der Waals surface area contributed by atoms with Crippen molar-refractivity contribution in [1.82, 2.24) is 0 Å². The first kappa shape index (κ1) is 29.9.